The highest BCUT2D eigenvalue weighted by atomic mass is 19.4. The Bertz CT molecular complexity index is 290. The van der Waals surface area contributed by atoms with Gasteiger partial charge in [-0.3, -0.25) is 0 Å². The molecule has 0 aliphatic carbocycles. The van der Waals surface area contributed by atoms with Crippen molar-refractivity contribution < 1.29 is 35.9 Å². The average molecular weight is 235 g/mol. The van der Waals surface area contributed by atoms with E-state index in [1.54, 1.807) is 0 Å². The molecule has 1 rings (SSSR count). The third kappa shape index (κ3) is 1.73. The maximum atomic E-state index is 12.2. The van der Waals surface area contributed by atoms with Crippen LogP contribution < -0.4 is 5.32 Å². The van der Waals surface area contributed by atoms with Gasteiger partial charge in [0.1, 0.15) is 0 Å². The van der Waals surface area contributed by atoms with Gasteiger partial charge in [-0.05, 0) is 0 Å². The lowest BCUT2D eigenvalue weighted by Gasteiger charge is -2.37. The molecule has 0 unspecified atom stereocenters. The molecule has 1 aliphatic heterocycles. The molecular formula is C6H3F6NO2. The van der Waals surface area contributed by atoms with Crippen LogP contribution >= 0.6 is 0 Å². The fraction of sp³-hybridized carbons (Fsp3) is 0.500. The molecule has 0 spiro atoms. The van der Waals surface area contributed by atoms with Gasteiger partial charge < -0.3 is 10.1 Å². The Morgan fingerprint density at radius 2 is 1.60 bits per heavy atom. The highest BCUT2D eigenvalue weighted by molar-refractivity contribution is 5.83. The molecule has 0 radical (unpaired) electrons. The molecule has 0 aromatic rings. The van der Waals surface area contributed by atoms with Crippen molar-refractivity contribution in [3.63, 3.8) is 0 Å². The Balaban J connectivity index is 3.21. The smallest absolute Gasteiger partial charge is 0.417 e. The van der Waals surface area contributed by atoms with Crippen LogP contribution in [0.4, 0.5) is 26.3 Å². The Kier molecular flexibility index (Phi) is 2.36. The summed E-state index contributed by atoms with van der Waals surface area (Å²) in [6.45, 7) is 0. The van der Waals surface area contributed by atoms with Crippen LogP contribution in [0, 0.1) is 0 Å². The van der Waals surface area contributed by atoms with E-state index in [1.807, 2.05) is 0 Å². The molecule has 1 aliphatic rings. The predicted octanol–water partition coefficient (Wildman–Crippen LogP) is 1.47. The van der Waals surface area contributed by atoms with Gasteiger partial charge in [0.05, 0.1) is 0 Å². The minimum absolute atomic E-state index is 0.243. The summed E-state index contributed by atoms with van der Waals surface area (Å²) in [5.41, 5.74) is -4.66. The van der Waals surface area contributed by atoms with Gasteiger partial charge in [-0.1, -0.05) is 0 Å². The van der Waals surface area contributed by atoms with E-state index in [0.717, 1.165) is 5.32 Å². The van der Waals surface area contributed by atoms with E-state index < -0.39 is 24.0 Å². The Hall–Kier alpha value is -1.41. The number of carbonyl (C=O) groups is 1. The third-order valence-corrected chi connectivity index (χ3v) is 1.56. The number of hydrogen-bond donors (Lipinski definition) is 1. The molecule has 0 aromatic carbocycles. The zero-order valence-corrected chi connectivity index (χ0v) is 6.74. The highest BCUT2D eigenvalue weighted by Gasteiger charge is 2.75. The molecule has 0 bridgehead atoms. The second-order valence-corrected chi connectivity index (χ2v) is 2.58. The molecule has 86 valence electrons. The summed E-state index contributed by atoms with van der Waals surface area (Å²) in [4.78, 5) is 10.4. The summed E-state index contributed by atoms with van der Waals surface area (Å²) >= 11 is 0. The maximum absolute atomic E-state index is 12.2. The number of esters is 1. The van der Waals surface area contributed by atoms with Gasteiger partial charge in [-0.2, -0.15) is 26.3 Å². The van der Waals surface area contributed by atoms with Crippen LogP contribution in [-0.4, -0.2) is 24.0 Å². The number of halogens is 6. The van der Waals surface area contributed by atoms with Gasteiger partial charge >= 0.3 is 24.0 Å². The fourth-order valence-electron chi connectivity index (χ4n) is 0.882. The van der Waals surface area contributed by atoms with Crippen LogP contribution in [0.3, 0.4) is 0 Å². The molecule has 15 heavy (non-hydrogen) atoms. The summed E-state index contributed by atoms with van der Waals surface area (Å²) in [6.07, 6.45) is -10.9. The first-order chi connectivity index (χ1) is 6.60. The predicted molar refractivity (Wildman–Crippen MR) is 33.2 cm³/mol. The minimum atomic E-state index is -5.80. The lowest BCUT2D eigenvalue weighted by atomic mass is 10.2. The molecular weight excluding hydrogens is 232 g/mol. The van der Waals surface area contributed by atoms with Crippen molar-refractivity contribution in [3.8, 4) is 0 Å². The van der Waals surface area contributed by atoms with E-state index in [9.17, 15) is 31.1 Å². The highest BCUT2D eigenvalue weighted by Crippen LogP contribution is 2.44. The maximum Gasteiger partial charge on any atom is 0.458 e. The summed E-state index contributed by atoms with van der Waals surface area (Å²) < 4.78 is 76.3. The minimum Gasteiger partial charge on any atom is -0.417 e. The normalized spacial score (nSPS) is 20.8. The number of alkyl halides is 6. The van der Waals surface area contributed by atoms with Crippen LogP contribution in [-0.2, 0) is 9.53 Å². The van der Waals surface area contributed by atoms with Gasteiger partial charge in [0, 0.05) is 12.3 Å². The van der Waals surface area contributed by atoms with Crippen molar-refractivity contribution >= 4 is 5.97 Å². The summed E-state index contributed by atoms with van der Waals surface area (Å²) in [6, 6.07) is 0. The Morgan fingerprint density at radius 1 is 1.13 bits per heavy atom. The standard InChI is InChI=1S/C6H3F6NO2/c7-5(8,9)4(6(10,11)12)13-2-1-3(14)15-4/h1-2,13H. The second kappa shape index (κ2) is 3.04. The first-order valence-corrected chi connectivity index (χ1v) is 3.41. The number of hydrogen-bond acceptors (Lipinski definition) is 3. The third-order valence-electron chi connectivity index (χ3n) is 1.56. The number of carbonyl (C=O) groups excluding carboxylic acids is 1. The van der Waals surface area contributed by atoms with Crippen LogP contribution in [0.2, 0.25) is 0 Å². The van der Waals surface area contributed by atoms with Crippen molar-refractivity contribution in [2.24, 2.45) is 0 Å². The van der Waals surface area contributed by atoms with Gasteiger partial charge in [-0.15, -0.1) is 0 Å². The molecule has 0 saturated heterocycles. The largest absolute Gasteiger partial charge is 0.458 e. The summed E-state index contributed by atoms with van der Waals surface area (Å²) in [5.74, 6) is -1.72. The van der Waals surface area contributed by atoms with E-state index >= 15 is 0 Å². The zero-order valence-electron chi connectivity index (χ0n) is 6.74. The van der Waals surface area contributed by atoms with E-state index in [4.69, 9.17) is 0 Å². The van der Waals surface area contributed by atoms with E-state index in [1.165, 1.54) is 0 Å². The molecule has 0 fully saturated rings. The van der Waals surface area contributed by atoms with Crippen molar-refractivity contribution in [2.75, 3.05) is 0 Å². The van der Waals surface area contributed by atoms with Crippen LogP contribution in [0.15, 0.2) is 12.3 Å². The van der Waals surface area contributed by atoms with Gasteiger partial charge in [0.25, 0.3) is 0 Å². The lowest BCUT2D eigenvalue weighted by molar-refractivity contribution is -0.377. The van der Waals surface area contributed by atoms with E-state index in [2.05, 4.69) is 4.74 Å². The molecule has 0 amide bonds. The zero-order chi connectivity index (χ0) is 11.9. The van der Waals surface area contributed by atoms with Crippen LogP contribution in [0.25, 0.3) is 0 Å². The lowest BCUT2D eigenvalue weighted by Crippen LogP contribution is -2.68. The van der Waals surface area contributed by atoms with Gasteiger partial charge in [0.15, 0.2) is 0 Å². The van der Waals surface area contributed by atoms with E-state index in [0.29, 0.717) is 6.08 Å². The monoisotopic (exact) mass is 235 g/mol. The molecule has 0 aromatic heterocycles. The quantitative estimate of drug-likeness (QED) is 0.510. The molecule has 1 N–H and O–H groups in total. The average Bonchev–Trinajstić information content (AvgIpc) is 1.99. The van der Waals surface area contributed by atoms with Gasteiger partial charge in [0.2, 0.25) is 0 Å². The van der Waals surface area contributed by atoms with E-state index in [-0.39, 0.29) is 6.20 Å². The number of rotatable bonds is 0. The van der Waals surface area contributed by atoms with Gasteiger partial charge in [-0.25, -0.2) is 4.79 Å². The SMILES string of the molecule is O=C1C=CNC(C(F)(F)F)(C(F)(F)F)O1. The van der Waals surface area contributed by atoms with Crippen LogP contribution in [0.5, 0.6) is 0 Å². The van der Waals surface area contributed by atoms with Crippen molar-refractivity contribution in [2.45, 2.75) is 18.1 Å². The first kappa shape index (κ1) is 11.7. The second-order valence-electron chi connectivity index (χ2n) is 2.58. The van der Waals surface area contributed by atoms with Crippen molar-refractivity contribution in [1.82, 2.24) is 5.32 Å². The topological polar surface area (TPSA) is 38.3 Å². The Labute approximate surface area is 78.7 Å². The molecule has 3 nitrogen and oxygen atoms in total. The first-order valence-electron chi connectivity index (χ1n) is 3.41. The molecule has 0 atom stereocenters. The van der Waals surface area contributed by atoms with Crippen LogP contribution in [0.1, 0.15) is 0 Å². The number of cyclic esters (lactones) is 1. The fourth-order valence-corrected chi connectivity index (χ4v) is 0.882. The molecule has 9 heteroatoms. The van der Waals surface area contributed by atoms with Crippen molar-refractivity contribution in [3.05, 3.63) is 12.3 Å². The summed E-state index contributed by atoms with van der Waals surface area (Å²) in [5, 5.41) is 0.969. The molecule has 1 heterocycles. The van der Waals surface area contributed by atoms with Crippen molar-refractivity contribution in [1.29, 1.82) is 0 Å². The Morgan fingerprint density at radius 3 is 1.87 bits per heavy atom. The number of ether oxygens (including phenoxy) is 1. The summed E-state index contributed by atoms with van der Waals surface area (Å²) in [7, 11) is 0. The number of nitrogens with one attached hydrogen (secondary N) is 1. The molecule has 0 saturated carbocycles.